The van der Waals surface area contributed by atoms with Crippen LogP contribution in [0.2, 0.25) is 0 Å². The number of carbonyl (C=O) groups is 1. The molecule has 4 heteroatoms. The van der Waals surface area contributed by atoms with Gasteiger partial charge in [0.15, 0.2) is 0 Å². The summed E-state index contributed by atoms with van der Waals surface area (Å²) in [4.78, 5) is 12.9. The summed E-state index contributed by atoms with van der Waals surface area (Å²) in [6, 6.07) is 7.80. The molecule has 0 radical (unpaired) electrons. The van der Waals surface area contributed by atoms with E-state index in [4.69, 9.17) is 5.73 Å². The number of benzene rings is 1. The standard InChI is InChI=1S/C14H20N2O2/c1-14(2,3)16(13(17)18)12-8-11(12)9-4-6-10(15)7-5-9/h4-7,11-12H,8,15H2,1-3H3,(H,17,18)/t11-,12+/m0/s1. The number of nitrogens with two attached hydrogens (primary N) is 1. The lowest BCUT2D eigenvalue weighted by atomic mass is 10.0. The highest BCUT2D eigenvalue weighted by Crippen LogP contribution is 2.47. The maximum atomic E-state index is 11.4. The van der Waals surface area contributed by atoms with Gasteiger partial charge in [-0.15, -0.1) is 0 Å². The van der Waals surface area contributed by atoms with Crippen molar-refractivity contribution in [2.45, 2.75) is 44.7 Å². The van der Waals surface area contributed by atoms with Crippen LogP contribution in [-0.4, -0.2) is 27.7 Å². The van der Waals surface area contributed by atoms with Gasteiger partial charge < -0.3 is 10.8 Å². The van der Waals surface area contributed by atoms with Crippen molar-refractivity contribution in [3.8, 4) is 0 Å². The van der Waals surface area contributed by atoms with Crippen LogP contribution in [-0.2, 0) is 0 Å². The van der Waals surface area contributed by atoms with Gasteiger partial charge in [0.2, 0.25) is 0 Å². The van der Waals surface area contributed by atoms with E-state index in [1.54, 1.807) is 4.90 Å². The van der Waals surface area contributed by atoms with Gasteiger partial charge in [0.25, 0.3) is 0 Å². The lowest BCUT2D eigenvalue weighted by Crippen LogP contribution is -2.46. The highest BCUT2D eigenvalue weighted by atomic mass is 16.4. The number of hydrogen-bond donors (Lipinski definition) is 2. The third-order valence-corrected chi connectivity index (χ3v) is 3.38. The number of nitrogen functional groups attached to an aromatic ring is 1. The smallest absolute Gasteiger partial charge is 0.408 e. The molecule has 0 aliphatic heterocycles. The molecule has 2 rings (SSSR count). The predicted molar refractivity (Wildman–Crippen MR) is 71.6 cm³/mol. The van der Waals surface area contributed by atoms with E-state index in [1.807, 2.05) is 45.0 Å². The molecule has 0 unspecified atom stereocenters. The van der Waals surface area contributed by atoms with Crippen molar-refractivity contribution in [3.63, 3.8) is 0 Å². The molecule has 18 heavy (non-hydrogen) atoms. The number of nitrogens with zero attached hydrogens (tertiary/aromatic N) is 1. The van der Waals surface area contributed by atoms with Crippen LogP contribution < -0.4 is 5.73 Å². The van der Waals surface area contributed by atoms with E-state index >= 15 is 0 Å². The van der Waals surface area contributed by atoms with Crippen molar-refractivity contribution < 1.29 is 9.90 Å². The molecule has 1 aromatic rings. The number of hydrogen-bond acceptors (Lipinski definition) is 2. The number of rotatable bonds is 2. The fourth-order valence-corrected chi connectivity index (χ4v) is 2.49. The van der Waals surface area contributed by atoms with Crippen LogP contribution in [0.25, 0.3) is 0 Å². The van der Waals surface area contributed by atoms with Gasteiger partial charge in [-0.2, -0.15) is 0 Å². The molecule has 1 aromatic carbocycles. The molecule has 1 aliphatic carbocycles. The molecule has 0 heterocycles. The third-order valence-electron chi connectivity index (χ3n) is 3.38. The Hall–Kier alpha value is -1.71. The average molecular weight is 248 g/mol. The second-order valence-corrected chi connectivity index (χ2v) is 5.90. The number of amides is 1. The van der Waals surface area contributed by atoms with Crippen LogP contribution >= 0.6 is 0 Å². The predicted octanol–water partition coefficient (Wildman–Crippen LogP) is 2.90. The van der Waals surface area contributed by atoms with Crippen LogP contribution in [0.4, 0.5) is 10.5 Å². The summed E-state index contributed by atoms with van der Waals surface area (Å²) in [5, 5.41) is 9.33. The van der Waals surface area contributed by atoms with Crippen LogP contribution in [0, 0.1) is 0 Å². The Morgan fingerprint density at radius 1 is 1.33 bits per heavy atom. The molecule has 1 fully saturated rings. The van der Waals surface area contributed by atoms with Gasteiger partial charge in [-0.3, -0.25) is 4.90 Å². The van der Waals surface area contributed by atoms with Gasteiger partial charge in [-0.25, -0.2) is 4.79 Å². The fourth-order valence-electron chi connectivity index (χ4n) is 2.49. The maximum absolute atomic E-state index is 11.4. The van der Waals surface area contributed by atoms with Crippen LogP contribution in [0.15, 0.2) is 24.3 Å². The van der Waals surface area contributed by atoms with Gasteiger partial charge in [0, 0.05) is 23.2 Å². The van der Waals surface area contributed by atoms with Crippen LogP contribution in [0.3, 0.4) is 0 Å². The molecule has 1 aliphatic rings. The maximum Gasteiger partial charge on any atom is 0.408 e. The first-order chi connectivity index (χ1) is 8.30. The fraction of sp³-hybridized carbons (Fsp3) is 0.500. The Morgan fingerprint density at radius 3 is 2.33 bits per heavy atom. The lowest BCUT2D eigenvalue weighted by Gasteiger charge is -2.33. The minimum atomic E-state index is -0.842. The topological polar surface area (TPSA) is 66.6 Å². The molecular weight excluding hydrogens is 228 g/mol. The SMILES string of the molecule is CC(C)(C)N(C(=O)O)[C@@H]1C[C@H]1c1ccc(N)cc1. The molecule has 2 atom stereocenters. The van der Waals surface area contributed by atoms with Crippen LogP contribution in [0.1, 0.15) is 38.7 Å². The quantitative estimate of drug-likeness (QED) is 0.791. The summed E-state index contributed by atoms with van der Waals surface area (Å²) in [6.07, 6.45) is 0.0541. The van der Waals surface area contributed by atoms with Gasteiger partial charge in [0.1, 0.15) is 0 Å². The molecule has 98 valence electrons. The van der Waals surface area contributed by atoms with Crippen molar-refractivity contribution in [1.29, 1.82) is 0 Å². The van der Waals surface area contributed by atoms with Gasteiger partial charge in [-0.05, 0) is 44.9 Å². The molecule has 1 amide bonds. The number of anilines is 1. The molecule has 4 nitrogen and oxygen atoms in total. The second-order valence-electron chi connectivity index (χ2n) is 5.90. The van der Waals surface area contributed by atoms with E-state index in [9.17, 15) is 9.90 Å². The first-order valence-electron chi connectivity index (χ1n) is 6.18. The highest BCUT2D eigenvalue weighted by Gasteiger charge is 2.48. The molecule has 3 N–H and O–H groups in total. The summed E-state index contributed by atoms with van der Waals surface area (Å²) in [5.41, 5.74) is 7.20. The summed E-state index contributed by atoms with van der Waals surface area (Å²) in [7, 11) is 0. The zero-order valence-corrected chi connectivity index (χ0v) is 11.1. The molecule has 0 spiro atoms. The Balaban J connectivity index is 2.14. The summed E-state index contributed by atoms with van der Waals surface area (Å²) in [6.45, 7) is 5.79. The third kappa shape index (κ3) is 2.42. The Morgan fingerprint density at radius 2 is 1.89 bits per heavy atom. The largest absolute Gasteiger partial charge is 0.465 e. The first-order valence-corrected chi connectivity index (χ1v) is 6.18. The summed E-state index contributed by atoms with van der Waals surface area (Å²) in [5.74, 6) is 0.306. The molecule has 1 saturated carbocycles. The molecule has 0 saturated heterocycles. The van der Waals surface area contributed by atoms with E-state index in [0.29, 0.717) is 5.92 Å². The van der Waals surface area contributed by atoms with E-state index in [1.165, 1.54) is 5.56 Å². The second kappa shape index (κ2) is 4.19. The Labute approximate surface area is 107 Å². The van der Waals surface area contributed by atoms with E-state index < -0.39 is 6.09 Å². The Bertz CT molecular complexity index is 448. The van der Waals surface area contributed by atoms with Crippen molar-refractivity contribution in [1.82, 2.24) is 4.90 Å². The zero-order valence-electron chi connectivity index (χ0n) is 11.1. The van der Waals surface area contributed by atoms with Crippen molar-refractivity contribution in [3.05, 3.63) is 29.8 Å². The Kier molecular flexibility index (Phi) is 2.97. The van der Waals surface area contributed by atoms with Crippen molar-refractivity contribution >= 4 is 11.8 Å². The van der Waals surface area contributed by atoms with Gasteiger partial charge in [-0.1, -0.05) is 12.1 Å². The van der Waals surface area contributed by atoms with Gasteiger partial charge >= 0.3 is 6.09 Å². The van der Waals surface area contributed by atoms with E-state index in [0.717, 1.165) is 12.1 Å². The highest BCUT2D eigenvalue weighted by molar-refractivity contribution is 5.67. The van der Waals surface area contributed by atoms with Gasteiger partial charge in [0.05, 0.1) is 0 Å². The average Bonchev–Trinajstić information content (AvgIpc) is 2.96. The number of carboxylic acid groups (broad SMARTS) is 1. The lowest BCUT2D eigenvalue weighted by molar-refractivity contribution is 0.0940. The monoisotopic (exact) mass is 248 g/mol. The van der Waals surface area contributed by atoms with E-state index in [2.05, 4.69) is 0 Å². The minimum Gasteiger partial charge on any atom is -0.465 e. The molecule has 0 bridgehead atoms. The zero-order chi connectivity index (χ0) is 13.5. The van der Waals surface area contributed by atoms with Crippen molar-refractivity contribution in [2.24, 2.45) is 0 Å². The first kappa shape index (κ1) is 12.7. The summed E-state index contributed by atoms with van der Waals surface area (Å²) >= 11 is 0. The van der Waals surface area contributed by atoms with E-state index in [-0.39, 0.29) is 11.6 Å². The normalized spacial score (nSPS) is 22.6. The summed E-state index contributed by atoms with van der Waals surface area (Å²) < 4.78 is 0. The van der Waals surface area contributed by atoms with Crippen molar-refractivity contribution in [2.75, 3.05) is 5.73 Å². The molecule has 0 aromatic heterocycles. The minimum absolute atomic E-state index is 0.0890. The molecular formula is C14H20N2O2. The van der Waals surface area contributed by atoms with Crippen LogP contribution in [0.5, 0.6) is 0 Å².